The van der Waals surface area contributed by atoms with Crippen molar-refractivity contribution in [2.24, 2.45) is 5.73 Å². The van der Waals surface area contributed by atoms with Crippen molar-refractivity contribution >= 4 is 34.4 Å². The summed E-state index contributed by atoms with van der Waals surface area (Å²) in [4.78, 5) is 15.2. The van der Waals surface area contributed by atoms with Crippen molar-refractivity contribution in [3.8, 4) is 11.1 Å². The fourth-order valence-electron chi connectivity index (χ4n) is 2.00. The number of nitrogens with zero attached hydrogens (tertiary/aromatic N) is 1. The first kappa shape index (κ1) is 12.5. The molecule has 3 N–H and O–H groups in total. The molecule has 6 heteroatoms. The molecule has 0 bridgehead atoms. The van der Waals surface area contributed by atoms with E-state index in [1.54, 1.807) is 30.7 Å². The van der Waals surface area contributed by atoms with Gasteiger partial charge in [-0.3, -0.25) is 4.98 Å². The van der Waals surface area contributed by atoms with E-state index in [1.807, 2.05) is 12.1 Å². The van der Waals surface area contributed by atoms with Gasteiger partial charge >= 0.3 is 6.03 Å². The minimum atomic E-state index is -0.607. The van der Waals surface area contributed by atoms with Crippen molar-refractivity contribution < 1.29 is 9.21 Å². The van der Waals surface area contributed by atoms with Gasteiger partial charge in [0.15, 0.2) is 5.58 Å². The lowest BCUT2D eigenvalue weighted by atomic mass is 10.1. The molecule has 20 heavy (non-hydrogen) atoms. The van der Waals surface area contributed by atoms with Crippen LogP contribution in [0.15, 0.2) is 47.2 Å². The van der Waals surface area contributed by atoms with Crippen molar-refractivity contribution in [3.63, 3.8) is 0 Å². The molecule has 0 aliphatic heterocycles. The van der Waals surface area contributed by atoms with E-state index in [2.05, 4.69) is 10.3 Å². The van der Waals surface area contributed by atoms with E-state index in [0.29, 0.717) is 21.8 Å². The van der Waals surface area contributed by atoms with Gasteiger partial charge < -0.3 is 15.5 Å². The second-order valence-corrected chi connectivity index (χ2v) is 4.66. The van der Waals surface area contributed by atoms with Crippen LogP contribution in [-0.4, -0.2) is 11.0 Å². The molecule has 0 spiro atoms. The number of hydrogen-bond donors (Lipinski definition) is 2. The van der Waals surface area contributed by atoms with E-state index in [1.165, 1.54) is 0 Å². The number of urea groups is 1. The maximum absolute atomic E-state index is 10.9. The SMILES string of the molecule is NC(=O)Nc1cccc(-c2coc3cc(Cl)cnc23)c1. The predicted octanol–water partition coefficient (Wildman–Crippen LogP) is 3.64. The number of fused-ring (bicyclic) bond motifs is 1. The molecule has 0 saturated heterocycles. The van der Waals surface area contributed by atoms with Crippen LogP contribution in [-0.2, 0) is 0 Å². The highest BCUT2D eigenvalue weighted by molar-refractivity contribution is 6.31. The van der Waals surface area contributed by atoms with Crippen molar-refractivity contribution in [1.82, 2.24) is 4.98 Å². The number of nitrogens with two attached hydrogens (primary N) is 1. The van der Waals surface area contributed by atoms with Crippen molar-refractivity contribution in [2.45, 2.75) is 0 Å². The summed E-state index contributed by atoms with van der Waals surface area (Å²) >= 11 is 5.87. The van der Waals surface area contributed by atoms with E-state index < -0.39 is 6.03 Å². The van der Waals surface area contributed by atoms with Gasteiger partial charge in [0.1, 0.15) is 11.8 Å². The third-order valence-corrected chi connectivity index (χ3v) is 3.03. The summed E-state index contributed by atoms with van der Waals surface area (Å²) in [6, 6.07) is 8.36. The Bertz CT molecular complexity index is 798. The number of carbonyl (C=O) groups is 1. The predicted molar refractivity (Wildman–Crippen MR) is 77.7 cm³/mol. The lowest BCUT2D eigenvalue weighted by Gasteiger charge is -2.04. The third kappa shape index (κ3) is 2.31. The number of primary amides is 1. The standard InChI is InChI=1S/C14H10ClN3O2/c15-9-5-12-13(17-6-9)11(7-20-12)8-2-1-3-10(4-8)18-14(16)19/h1-7H,(H3,16,18,19). The van der Waals surface area contributed by atoms with E-state index >= 15 is 0 Å². The van der Waals surface area contributed by atoms with Gasteiger partial charge in [0.2, 0.25) is 0 Å². The average Bonchev–Trinajstić information content (AvgIpc) is 2.81. The second-order valence-electron chi connectivity index (χ2n) is 4.22. The van der Waals surface area contributed by atoms with Crippen molar-refractivity contribution in [1.29, 1.82) is 0 Å². The summed E-state index contributed by atoms with van der Waals surface area (Å²) in [6.07, 6.45) is 3.17. The maximum atomic E-state index is 10.9. The van der Waals surface area contributed by atoms with Gasteiger partial charge in [-0.1, -0.05) is 23.7 Å². The van der Waals surface area contributed by atoms with Crippen molar-refractivity contribution in [2.75, 3.05) is 5.32 Å². The number of amides is 2. The zero-order valence-corrected chi connectivity index (χ0v) is 11.0. The minimum absolute atomic E-state index is 0.516. The first-order valence-electron chi connectivity index (χ1n) is 5.83. The van der Waals surface area contributed by atoms with Gasteiger partial charge in [0, 0.05) is 23.5 Å². The first-order chi connectivity index (χ1) is 9.63. The van der Waals surface area contributed by atoms with Crippen LogP contribution >= 0.6 is 11.6 Å². The second kappa shape index (κ2) is 4.86. The van der Waals surface area contributed by atoms with Gasteiger partial charge in [-0.15, -0.1) is 0 Å². The van der Waals surface area contributed by atoms with Gasteiger partial charge in [-0.05, 0) is 17.7 Å². The Balaban J connectivity index is 2.09. The van der Waals surface area contributed by atoms with Gasteiger partial charge in [0.25, 0.3) is 0 Å². The number of halogens is 1. The number of carbonyl (C=O) groups excluding carboxylic acids is 1. The summed E-state index contributed by atoms with van der Waals surface area (Å²) in [5, 5.41) is 3.05. The zero-order chi connectivity index (χ0) is 14.1. The molecule has 0 saturated carbocycles. The Morgan fingerprint density at radius 3 is 3.00 bits per heavy atom. The topological polar surface area (TPSA) is 81.2 Å². The highest BCUT2D eigenvalue weighted by atomic mass is 35.5. The molecule has 3 rings (SSSR count). The normalized spacial score (nSPS) is 10.7. The summed E-state index contributed by atoms with van der Waals surface area (Å²) in [5.41, 5.74) is 8.73. The molecule has 0 aliphatic rings. The molecular formula is C14H10ClN3O2. The van der Waals surface area contributed by atoms with Crippen LogP contribution in [0.3, 0.4) is 0 Å². The number of aromatic nitrogens is 1. The number of anilines is 1. The highest BCUT2D eigenvalue weighted by Gasteiger charge is 2.10. The van der Waals surface area contributed by atoms with Crippen LogP contribution < -0.4 is 11.1 Å². The van der Waals surface area contributed by atoms with Crippen LogP contribution in [0, 0.1) is 0 Å². The lowest BCUT2D eigenvalue weighted by Crippen LogP contribution is -2.19. The van der Waals surface area contributed by atoms with Crippen LogP contribution in [0.2, 0.25) is 5.02 Å². The number of pyridine rings is 1. The monoisotopic (exact) mass is 287 g/mol. The number of furan rings is 1. The molecule has 0 radical (unpaired) electrons. The fraction of sp³-hybridized carbons (Fsp3) is 0. The molecule has 1 aromatic carbocycles. The number of hydrogen-bond acceptors (Lipinski definition) is 3. The lowest BCUT2D eigenvalue weighted by molar-refractivity contribution is 0.259. The molecule has 0 atom stereocenters. The van der Waals surface area contributed by atoms with E-state index in [0.717, 1.165) is 11.1 Å². The largest absolute Gasteiger partial charge is 0.462 e. The summed E-state index contributed by atoms with van der Waals surface area (Å²) in [7, 11) is 0. The van der Waals surface area contributed by atoms with Gasteiger partial charge in [-0.25, -0.2) is 4.79 Å². The van der Waals surface area contributed by atoms with Crippen LogP contribution in [0.4, 0.5) is 10.5 Å². The average molecular weight is 288 g/mol. The number of rotatable bonds is 2. The number of benzene rings is 1. The molecule has 3 aromatic rings. The van der Waals surface area contributed by atoms with Gasteiger partial charge in [0.05, 0.1) is 5.02 Å². The minimum Gasteiger partial charge on any atom is -0.462 e. The van der Waals surface area contributed by atoms with E-state index in [9.17, 15) is 4.79 Å². The maximum Gasteiger partial charge on any atom is 0.316 e. The molecule has 2 heterocycles. The molecule has 0 unspecified atom stereocenters. The molecule has 0 fully saturated rings. The van der Waals surface area contributed by atoms with E-state index in [-0.39, 0.29) is 0 Å². The quantitative estimate of drug-likeness (QED) is 0.755. The molecule has 2 amide bonds. The van der Waals surface area contributed by atoms with Crippen LogP contribution in [0.1, 0.15) is 0 Å². The zero-order valence-electron chi connectivity index (χ0n) is 10.3. The Labute approximate surface area is 119 Å². The van der Waals surface area contributed by atoms with Gasteiger partial charge in [-0.2, -0.15) is 0 Å². The van der Waals surface area contributed by atoms with Crippen LogP contribution in [0.5, 0.6) is 0 Å². The fourth-order valence-corrected chi connectivity index (χ4v) is 2.15. The summed E-state index contributed by atoms with van der Waals surface area (Å²) in [6.45, 7) is 0. The Hall–Kier alpha value is -2.53. The molecule has 2 aromatic heterocycles. The number of nitrogens with one attached hydrogen (secondary N) is 1. The summed E-state index contributed by atoms with van der Waals surface area (Å²) in [5.74, 6) is 0. The van der Waals surface area contributed by atoms with Crippen LogP contribution in [0.25, 0.3) is 22.2 Å². The molecule has 0 aliphatic carbocycles. The summed E-state index contributed by atoms with van der Waals surface area (Å²) < 4.78 is 5.45. The molecule has 5 nitrogen and oxygen atoms in total. The molecular weight excluding hydrogens is 278 g/mol. The van der Waals surface area contributed by atoms with E-state index in [4.69, 9.17) is 21.8 Å². The Kier molecular flexibility index (Phi) is 3.04. The first-order valence-corrected chi connectivity index (χ1v) is 6.21. The molecule has 100 valence electrons. The Morgan fingerprint density at radius 2 is 2.20 bits per heavy atom. The van der Waals surface area contributed by atoms with Crippen molar-refractivity contribution in [3.05, 3.63) is 47.8 Å². The Morgan fingerprint density at radius 1 is 1.35 bits per heavy atom. The highest BCUT2D eigenvalue weighted by Crippen LogP contribution is 2.31. The smallest absolute Gasteiger partial charge is 0.316 e. The third-order valence-electron chi connectivity index (χ3n) is 2.82.